The molecule has 0 spiro atoms. The van der Waals surface area contributed by atoms with Crippen molar-refractivity contribution in [3.05, 3.63) is 35.4 Å². The molecule has 2 rings (SSSR count). The maximum absolute atomic E-state index is 12.7. The summed E-state index contributed by atoms with van der Waals surface area (Å²) in [6.07, 6.45) is 0. The third-order valence-corrected chi connectivity index (χ3v) is 3.61. The lowest BCUT2D eigenvalue weighted by atomic mass is 10.1. The molecule has 1 N–H and O–H groups in total. The molecule has 0 bridgehead atoms. The largest absolute Gasteiger partial charge is 0.347 e. The zero-order valence-electron chi connectivity index (χ0n) is 12.2. The Morgan fingerprint density at radius 3 is 2.65 bits per heavy atom. The molecule has 1 aromatic rings. The molecule has 0 saturated carbocycles. The molecule has 1 atom stereocenters. The monoisotopic (exact) mass is 275 g/mol. The highest BCUT2D eigenvalue weighted by Crippen LogP contribution is 2.15. The zero-order chi connectivity index (χ0) is 14.7. The number of hydrogen-bond donors (Lipinski definition) is 1. The van der Waals surface area contributed by atoms with Crippen LogP contribution in [0.25, 0.3) is 0 Å². The van der Waals surface area contributed by atoms with Crippen LogP contribution in [-0.4, -0.2) is 61.4 Å². The summed E-state index contributed by atoms with van der Waals surface area (Å²) in [5.41, 5.74) is 1.61. The van der Waals surface area contributed by atoms with Crippen LogP contribution >= 0.6 is 0 Å². The predicted molar refractivity (Wildman–Crippen MR) is 77.6 cm³/mol. The van der Waals surface area contributed by atoms with Gasteiger partial charge in [-0.3, -0.25) is 9.59 Å². The average molecular weight is 275 g/mol. The van der Waals surface area contributed by atoms with Crippen molar-refractivity contribution >= 4 is 11.8 Å². The van der Waals surface area contributed by atoms with Crippen molar-refractivity contribution < 1.29 is 9.59 Å². The number of amides is 2. The van der Waals surface area contributed by atoms with Gasteiger partial charge >= 0.3 is 0 Å². The summed E-state index contributed by atoms with van der Waals surface area (Å²) in [6, 6.07) is 7.07. The second-order valence-electron chi connectivity index (χ2n) is 5.27. The van der Waals surface area contributed by atoms with Gasteiger partial charge in [0.05, 0.1) is 0 Å². The van der Waals surface area contributed by atoms with Crippen molar-refractivity contribution in [1.82, 2.24) is 15.1 Å². The van der Waals surface area contributed by atoms with Gasteiger partial charge in [0, 0.05) is 39.3 Å². The molecule has 1 heterocycles. The first-order valence-electron chi connectivity index (χ1n) is 6.81. The molecule has 1 aromatic carbocycles. The first-order chi connectivity index (χ1) is 9.52. The normalized spacial score (nSPS) is 18.8. The fourth-order valence-corrected chi connectivity index (χ4v) is 2.43. The summed E-state index contributed by atoms with van der Waals surface area (Å²) in [6.45, 7) is 3.69. The van der Waals surface area contributed by atoms with Crippen molar-refractivity contribution in [2.75, 3.05) is 33.7 Å². The van der Waals surface area contributed by atoms with E-state index in [9.17, 15) is 9.59 Å². The fraction of sp³-hybridized carbons (Fsp3) is 0.467. The number of aryl methyl sites for hydroxylation is 1. The fourth-order valence-electron chi connectivity index (χ4n) is 2.43. The van der Waals surface area contributed by atoms with Gasteiger partial charge in [-0.2, -0.15) is 0 Å². The molecule has 5 heteroatoms. The van der Waals surface area contributed by atoms with E-state index in [-0.39, 0.29) is 11.8 Å². The first kappa shape index (κ1) is 14.5. The smallest absolute Gasteiger partial charge is 0.254 e. The van der Waals surface area contributed by atoms with Crippen LogP contribution in [-0.2, 0) is 4.79 Å². The van der Waals surface area contributed by atoms with Crippen molar-refractivity contribution in [2.45, 2.75) is 13.0 Å². The lowest BCUT2D eigenvalue weighted by Crippen LogP contribution is -2.59. The Bertz CT molecular complexity index is 514. The molecule has 1 aliphatic heterocycles. The minimum Gasteiger partial charge on any atom is -0.347 e. The molecule has 0 aliphatic carbocycles. The van der Waals surface area contributed by atoms with Crippen LogP contribution in [0.2, 0.25) is 0 Å². The number of benzene rings is 1. The molecule has 1 aliphatic rings. The summed E-state index contributed by atoms with van der Waals surface area (Å²) in [7, 11) is 3.43. The minimum absolute atomic E-state index is 0.0425. The minimum atomic E-state index is -0.425. The van der Waals surface area contributed by atoms with Crippen LogP contribution in [0.15, 0.2) is 24.3 Å². The summed E-state index contributed by atoms with van der Waals surface area (Å²) >= 11 is 0. The average Bonchev–Trinajstić information content (AvgIpc) is 2.46. The third-order valence-electron chi connectivity index (χ3n) is 3.61. The van der Waals surface area contributed by atoms with E-state index in [4.69, 9.17) is 0 Å². The van der Waals surface area contributed by atoms with E-state index in [0.717, 1.165) is 12.1 Å². The predicted octanol–water partition coefficient (Wildman–Crippen LogP) is 0.497. The van der Waals surface area contributed by atoms with E-state index >= 15 is 0 Å². The highest BCUT2D eigenvalue weighted by atomic mass is 16.2. The molecule has 0 aromatic heterocycles. The Labute approximate surface area is 119 Å². The van der Waals surface area contributed by atoms with E-state index in [1.54, 1.807) is 19.0 Å². The topological polar surface area (TPSA) is 52.7 Å². The van der Waals surface area contributed by atoms with Gasteiger partial charge in [0.15, 0.2) is 0 Å². The van der Waals surface area contributed by atoms with Crippen LogP contribution in [0.5, 0.6) is 0 Å². The highest BCUT2D eigenvalue weighted by Gasteiger charge is 2.33. The molecule has 1 fully saturated rings. The van der Waals surface area contributed by atoms with Gasteiger partial charge in [0.25, 0.3) is 5.91 Å². The second kappa shape index (κ2) is 6.05. The zero-order valence-corrected chi connectivity index (χ0v) is 12.2. The summed E-state index contributed by atoms with van der Waals surface area (Å²) in [5.74, 6) is -0.107. The molecule has 20 heavy (non-hydrogen) atoms. The maximum Gasteiger partial charge on any atom is 0.254 e. The van der Waals surface area contributed by atoms with Gasteiger partial charge in [-0.15, -0.1) is 0 Å². The Kier molecular flexibility index (Phi) is 4.39. The molecule has 1 saturated heterocycles. The standard InChI is InChI=1S/C15H21N3O2/c1-11-6-4-5-7-12(11)14(19)18-9-8-16-10-13(18)15(20)17(2)3/h4-7,13,16H,8-10H2,1-3H3. The number of hydrogen-bond acceptors (Lipinski definition) is 3. The Balaban J connectivity index is 2.26. The van der Waals surface area contributed by atoms with Crippen molar-refractivity contribution in [2.24, 2.45) is 0 Å². The number of rotatable bonds is 2. The van der Waals surface area contributed by atoms with Crippen LogP contribution < -0.4 is 5.32 Å². The van der Waals surface area contributed by atoms with Gasteiger partial charge in [-0.25, -0.2) is 0 Å². The van der Waals surface area contributed by atoms with Crippen LogP contribution in [0, 0.1) is 6.92 Å². The van der Waals surface area contributed by atoms with Gasteiger partial charge in [0.1, 0.15) is 6.04 Å². The Morgan fingerprint density at radius 1 is 1.30 bits per heavy atom. The molecular formula is C15H21N3O2. The van der Waals surface area contributed by atoms with E-state index in [0.29, 0.717) is 18.7 Å². The molecule has 2 amide bonds. The first-order valence-corrected chi connectivity index (χ1v) is 6.81. The maximum atomic E-state index is 12.7. The SMILES string of the molecule is Cc1ccccc1C(=O)N1CCNCC1C(=O)N(C)C. The van der Waals surface area contributed by atoms with Gasteiger partial charge in [0.2, 0.25) is 5.91 Å². The number of carbonyl (C=O) groups is 2. The van der Waals surface area contributed by atoms with Crippen LogP contribution in [0.1, 0.15) is 15.9 Å². The van der Waals surface area contributed by atoms with Gasteiger partial charge in [-0.1, -0.05) is 18.2 Å². The molecule has 108 valence electrons. The quantitative estimate of drug-likeness (QED) is 0.855. The summed E-state index contributed by atoms with van der Waals surface area (Å²) in [5, 5.41) is 3.18. The van der Waals surface area contributed by atoms with Crippen molar-refractivity contribution in [3.63, 3.8) is 0 Å². The lowest BCUT2D eigenvalue weighted by molar-refractivity contribution is -0.134. The summed E-state index contributed by atoms with van der Waals surface area (Å²) in [4.78, 5) is 28.1. The van der Waals surface area contributed by atoms with Crippen molar-refractivity contribution in [3.8, 4) is 0 Å². The Hall–Kier alpha value is -1.88. The van der Waals surface area contributed by atoms with Crippen LogP contribution in [0.3, 0.4) is 0 Å². The number of carbonyl (C=O) groups excluding carboxylic acids is 2. The highest BCUT2D eigenvalue weighted by molar-refractivity contribution is 5.98. The number of nitrogens with one attached hydrogen (secondary N) is 1. The van der Waals surface area contributed by atoms with Gasteiger partial charge in [-0.05, 0) is 18.6 Å². The second-order valence-corrected chi connectivity index (χ2v) is 5.27. The number of likely N-dealkylation sites (N-methyl/N-ethyl adjacent to an activating group) is 1. The van der Waals surface area contributed by atoms with E-state index in [2.05, 4.69) is 5.32 Å². The lowest BCUT2D eigenvalue weighted by Gasteiger charge is -2.36. The van der Waals surface area contributed by atoms with Crippen LogP contribution in [0.4, 0.5) is 0 Å². The van der Waals surface area contributed by atoms with E-state index in [1.165, 1.54) is 4.90 Å². The number of piperazine rings is 1. The Morgan fingerprint density at radius 2 is 2.00 bits per heavy atom. The number of nitrogens with zero attached hydrogens (tertiary/aromatic N) is 2. The molecule has 0 radical (unpaired) electrons. The third kappa shape index (κ3) is 2.82. The van der Waals surface area contributed by atoms with Gasteiger partial charge < -0.3 is 15.1 Å². The van der Waals surface area contributed by atoms with E-state index in [1.807, 2.05) is 31.2 Å². The molecular weight excluding hydrogens is 254 g/mol. The molecule has 5 nitrogen and oxygen atoms in total. The summed E-state index contributed by atoms with van der Waals surface area (Å²) < 4.78 is 0. The molecule has 1 unspecified atom stereocenters. The van der Waals surface area contributed by atoms with Crippen molar-refractivity contribution in [1.29, 1.82) is 0 Å². The van der Waals surface area contributed by atoms with E-state index < -0.39 is 6.04 Å².